The van der Waals surface area contributed by atoms with E-state index in [0.717, 1.165) is 0 Å². The Morgan fingerprint density at radius 3 is 2.64 bits per heavy atom. The predicted molar refractivity (Wildman–Crippen MR) is 58.2 cm³/mol. The average molecular weight is 213 g/mol. The van der Waals surface area contributed by atoms with Crippen LogP contribution in [0.2, 0.25) is 5.02 Å². The lowest BCUT2D eigenvalue weighted by Gasteiger charge is -2.13. The monoisotopic (exact) mass is 212 g/mol. The van der Waals surface area contributed by atoms with Crippen LogP contribution < -0.4 is 10.5 Å². The SMILES string of the molecule is CC(C)Oc1ccc(Cl)cc1C(=N)N. The Balaban J connectivity index is 3.08. The first kappa shape index (κ1) is 10.9. The van der Waals surface area contributed by atoms with Gasteiger partial charge in [0.15, 0.2) is 0 Å². The highest BCUT2D eigenvalue weighted by Gasteiger charge is 2.08. The minimum absolute atomic E-state index is 0.0387. The second-order valence-electron chi connectivity index (χ2n) is 3.22. The molecule has 0 spiro atoms. The number of hydrogen-bond donors (Lipinski definition) is 2. The fourth-order valence-corrected chi connectivity index (χ4v) is 1.24. The number of rotatable bonds is 3. The van der Waals surface area contributed by atoms with Gasteiger partial charge in [0.25, 0.3) is 0 Å². The Hall–Kier alpha value is -1.22. The van der Waals surface area contributed by atoms with Gasteiger partial charge in [-0.1, -0.05) is 11.6 Å². The molecule has 1 aromatic carbocycles. The van der Waals surface area contributed by atoms with Gasteiger partial charge in [-0.05, 0) is 32.0 Å². The quantitative estimate of drug-likeness (QED) is 0.597. The van der Waals surface area contributed by atoms with Crippen LogP contribution in [-0.2, 0) is 0 Å². The molecule has 14 heavy (non-hydrogen) atoms. The first-order valence-electron chi connectivity index (χ1n) is 4.31. The third-order valence-corrected chi connectivity index (χ3v) is 1.83. The lowest BCUT2D eigenvalue weighted by molar-refractivity contribution is 0.242. The number of nitrogens with two attached hydrogens (primary N) is 1. The molecule has 0 fully saturated rings. The van der Waals surface area contributed by atoms with Gasteiger partial charge < -0.3 is 10.5 Å². The third-order valence-electron chi connectivity index (χ3n) is 1.59. The second kappa shape index (κ2) is 4.33. The fraction of sp³-hybridized carbons (Fsp3) is 0.300. The summed E-state index contributed by atoms with van der Waals surface area (Å²) in [6.07, 6.45) is 0.0503. The Kier molecular flexibility index (Phi) is 3.36. The molecule has 1 aromatic rings. The molecule has 0 saturated carbocycles. The lowest BCUT2D eigenvalue weighted by Crippen LogP contribution is -2.15. The molecule has 0 heterocycles. The molecular weight excluding hydrogens is 200 g/mol. The van der Waals surface area contributed by atoms with E-state index < -0.39 is 0 Å². The fourth-order valence-electron chi connectivity index (χ4n) is 1.07. The zero-order chi connectivity index (χ0) is 10.7. The summed E-state index contributed by atoms with van der Waals surface area (Å²) < 4.78 is 5.48. The van der Waals surface area contributed by atoms with Crippen LogP contribution in [0.3, 0.4) is 0 Å². The molecule has 3 N–H and O–H groups in total. The molecule has 0 aromatic heterocycles. The second-order valence-corrected chi connectivity index (χ2v) is 3.66. The molecule has 0 aliphatic rings. The Morgan fingerprint density at radius 2 is 2.14 bits per heavy atom. The van der Waals surface area contributed by atoms with Crippen molar-refractivity contribution in [3.8, 4) is 5.75 Å². The average Bonchev–Trinajstić information content (AvgIpc) is 2.07. The molecule has 0 atom stereocenters. The summed E-state index contributed by atoms with van der Waals surface area (Å²) in [6, 6.07) is 5.06. The van der Waals surface area contributed by atoms with Crippen LogP contribution in [0.5, 0.6) is 5.75 Å². The van der Waals surface area contributed by atoms with Crippen molar-refractivity contribution < 1.29 is 4.74 Å². The minimum Gasteiger partial charge on any atom is -0.490 e. The van der Waals surface area contributed by atoms with Crippen molar-refractivity contribution in [3.05, 3.63) is 28.8 Å². The number of amidine groups is 1. The van der Waals surface area contributed by atoms with Crippen LogP contribution in [0, 0.1) is 5.41 Å². The Labute approximate surface area is 88.3 Å². The summed E-state index contributed by atoms with van der Waals surface area (Å²) in [4.78, 5) is 0. The van der Waals surface area contributed by atoms with E-state index in [-0.39, 0.29) is 11.9 Å². The van der Waals surface area contributed by atoms with Crippen LogP contribution in [0.1, 0.15) is 19.4 Å². The summed E-state index contributed by atoms with van der Waals surface area (Å²) in [7, 11) is 0. The van der Waals surface area contributed by atoms with Crippen molar-refractivity contribution in [2.75, 3.05) is 0 Å². The van der Waals surface area contributed by atoms with Gasteiger partial charge in [0.2, 0.25) is 0 Å². The van der Waals surface area contributed by atoms with Crippen molar-refractivity contribution in [1.82, 2.24) is 0 Å². The summed E-state index contributed by atoms with van der Waals surface area (Å²) in [5.41, 5.74) is 5.94. The largest absolute Gasteiger partial charge is 0.490 e. The van der Waals surface area contributed by atoms with E-state index in [1.165, 1.54) is 0 Å². The van der Waals surface area contributed by atoms with Crippen LogP contribution in [0.25, 0.3) is 0 Å². The van der Waals surface area contributed by atoms with E-state index in [2.05, 4.69) is 0 Å². The highest BCUT2D eigenvalue weighted by atomic mass is 35.5. The maximum atomic E-state index is 7.36. The number of benzene rings is 1. The van der Waals surface area contributed by atoms with Crippen molar-refractivity contribution in [1.29, 1.82) is 5.41 Å². The topological polar surface area (TPSA) is 59.1 Å². The summed E-state index contributed by atoms with van der Waals surface area (Å²) >= 11 is 5.79. The van der Waals surface area contributed by atoms with Gasteiger partial charge in [-0.15, -0.1) is 0 Å². The van der Waals surface area contributed by atoms with Crippen LogP contribution >= 0.6 is 11.6 Å². The van der Waals surface area contributed by atoms with Crippen molar-refractivity contribution in [2.24, 2.45) is 5.73 Å². The van der Waals surface area contributed by atoms with E-state index in [0.29, 0.717) is 16.3 Å². The first-order chi connectivity index (χ1) is 6.50. The van der Waals surface area contributed by atoms with E-state index in [1.54, 1.807) is 18.2 Å². The van der Waals surface area contributed by atoms with Crippen molar-refractivity contribution in [2.45, 2.75) is 20.0 Å². The van der Waals surface area contributed by atoms with Crippen LogP contribution in [0.4, 0.5) is 0 Å². The molecule has 0 aliphatic heterocycles. The zero-order valence-electron chi connectivity index (χ0n) is 8.17. The summed E-state index contributed by atoms with van der Waals surface area (Å²) in [5.74, 6) is 0.556. The standard InChI is InChI=1S/C10H13ClN2O/c1-6(2)14-9-4-3-7(11)5-8(9)10(12)13/h3-6H,1-2H3,(H3,12,13). The molecule has 0 bridgehead atoms. The zero-order valence-corrected chi connectivity index (χ0v) is 8.93. The number of nitrogen functional groups attached to an aromatic ring is 1. The third kappa shape index (κ3) is 2.64. The van der Waals surface area contributed by atoms with E-state index >= 15 is 0 Å². The molecule has 1 rings (SSSR count). The van der Waals surface area contributed by atoms with Crippen molar-refractivity contribution in [3.63, 3.8) is 0 Å². The highest BCUT2D eigenvalue weighted by molar-refractivity contribution is 6.31. The molecule has 0 amide bonds. The maximum absolute atomic E-state index is 7.36. The van der Waals surface area contributed by atoms with Crippen LogP contribution in [-0.4, -0.2) is 11.9 Å². The molecule has 0 radical (unpaired) electrons. The molecular formula is C10H13ClN2O. The molecule has 3 nitrogen and oxygen atoms in total. The minimum atomic E-state index is -0.0387. The highest BCUT2D eigenvalue weighted by Crippen LogP contribution is 2.23. The molecule has 4 heteroatoms. The lowest BCUT2D eigenvalue weighted by atomic mass is 10.2. The van der Waals surface area contributed by atoms with Gasteiger partial charge in [0, 0.05) is 5.02 Å². The molecule has 0 saturated heterocycles. The van der Waals surface area contributed by atoms with Gasteiger partial charge in [0.05, 0.1) is 11.7 Å². The molecule has 76 valence electrons. The van der Waals surface area contributed by atoms with Gasteiger partial charge >= 0.3 is 0 Å². The summed E-state index contributed by atoms with van der Waals surface area (Å²) in [5, 5.41) is 7.90. The van der Waals surface area contributed by atoms with E-state index in [1.807, 2.05) is 13.8 Å². The smallest absolute Gasteiger partial charge is 0.130 e. The van der Waals surface area contributed by atoms with Gasteiger partial charge in [-0.2, -0.15) is 0 Å². The maximum Gasteiger partial charge on any atom is 0.130 e. The van der Waals surface area contributed by atoms with E-state index in [4.69, 9.17) is 27.5 Å². The summed E-state index contributed by atoms with van der Waals surface area (Å²) in [6.45, 7) is 3.83. The predicted octanol–water partition coefficient (Wildman–Crippen LogP) is 2.41. The van der Waals surface area contributed by atoms with Crippen molar-refractivity contribution >= 4 is 17.4 Å². The number of nitrogens with one attached hydrogen (secondary N) is 1. The molecule has 0 unspecified atom stereocenters. The van der Waals surface area contributed by atoms with Gasteiger partial charge in [-0.3, -0.25) is 5.41 Å². The van der Waals surface area contributed by atoms with E-state index in [9.17, 15) is 0 Å². The van der Waals surface area contributed by atoms with Gasteiger partial charge in [-0.25, -0.2) is 0 Å². The molecule has 0 aliphatic carbocycles. The van der Waals surface area contributed by atoms with Gasteiger partial charge in [0.1, 0.15) is 11.6 Å². The Bertz CT molecular complexity index is 350. The number of ether oxygens (including phenoxy) is 1. The van der Waals surface area contributed by atoms with Crippen LogP contribution in [0.15, 0.2) is 18.2 Å². The Morgan fingerprint density at radius 1 is 1.50 bits per heavy atom. The number of halogens is 1. The number of hydrogen-bond acceptors (Lipinski definition) is 2. The first-order valence-corrected chi connectivity index (χ1v) is 4.69. The normalized spacial score (nSPS) is 10.3.